The second kappa shape index (κ2) is 8.06. The predicted octanol–water partition coefficient (Wildman–Crippen LogP) is 2.69. The van der Waals surface area contributed by atoms with Crippen molar-refractivity contribution in [1.29, 1.82) is 5.26 Å². The number of guanidine groups is 1. The van der Waals surface area contributed by atoms with Crippen molar-refractivity contribution < 1.29 is 9.47 Å². The lowest BCUT2D eigenvalue weighted by Crippen LogP contribution is -2.23. The molecule has 0 aromatic heterocycles. The molecule has 3 rings (SSSR count). The number of rotatable bonds is 4. The second-order valence-corrected chi connectivity index (χ2v) is 5.67. The van der Waals surface area contributed by atoms with Crippen molar-refractivity contribution in [2.24, 2.45) is 10.7 Å². The van der Waals surface area contributed by atoms with Crippen molar-refractivity contribution in [3.05, 3.63) is 53.6 Å². The van der Waals surface area contributed by atoms with Crippen LogP contribution in [0.5, 0.6) is 11.5 Å². The lowest BCUT2D eigenvalue weighted by Gasteiger charge is -2.10. The van der Waals surface area contributed by atoms with Gasteiger partial charge in [0.05, 0.1) is 24.8 Å². The summed E-state index contributed by atoms with van der Waals surface area (Å²) in [7, 11) is 0. The van der Waals surface area contributed by atoms with E-state index in [2.05, 4.69) is 16.4 Å². The third kappa shape index (κ3) is 4.64. The molecule has 25 heavy (non-hydrogen) atoms. The SMILES string of the molecule is N#Cc1cccc(CCN=C(N)Nc2ccc3c(c2)OCCCO3)c1. The van der Waals surface area contributed by atoms with Crippen LogP contribution in [0.2, 0.25) is 0 Å². The van der Waals surface area contributed by atoms with Crippen molar-refractivity contribution in [2.75, 3.05) is 25.1 Å². The van der Waals surface area contributed by atoms with Gasteiger partial charge in [-0.3, -0.25) is 4.99 Å². The van der Waals surface area contributed by atoms with Crippen LogP contribution in [0.1, 0.15) is 17.5 Å². The first-order valence-electron chi connectivity index (χ1n) is 8.20. The average molecular weight is 336 g/mol. The van der Waals surface area contributed by atoms with E-state index in [1.165, 1.54) is 0 Å². The summed E-state index contributed by atoms with van der Waals surface area (Å²) in [6, 6.07) is 15.2. The fourth-order valence-electron chi connectivity index (χ4n) is 2.53. The van der Waals surface area contributed by atoms with Crippen LogP contribution >= 0.6 is 0 Å². The van der Waals surface area contributed by atoms with Gasteiger partial charge in [0.25, 0.3) is 0 Å². The van der Waals surface area contributed by atoms with Gasteiger partial charge in [-0.2, -0.15) is 5.26 Å². The summed E-state index contributed by atoms with van der Waals surface area (Å²) in [5.41, 5.74) is 8.46. The van der Waals surface area contributed by atoms with Gasteiger partial charge in [0.1, 0.15) is 0 Å². The highest BCUT2D eigenvalue weighted by molar-refractivity contribution is 5.92. The number of aliphatic imine (C=N–C) groups is 1. The molecule has 0 amide bonds. The molecule has 0 saturated heterocycles. The number of anilines is 1. The van der Waals surface area contributed by atoms with E-state index in [0.29, 0.717) is 37.0 Å². The molecule has 0 spiro atoms. The zero-order valence-electron chi connectivity index (χ0n) is 13.9. The number of hydrogen-bond donors (Lipinski definition) is 2. The van der Waals surface area contributed by atoms with E-state index in [1.54, 1.807) is 6.07 Å². The van der Waals surface area contributed by atoms with Crippen LogP contribution in [-0.4, -0.2) is 25.7 Å². The molecule has 128 valence electrons. The molecule has 1 aliphatic rings. The maximum Gasteiger partial charge on any atom is 0.193 e. The Labute approximate surface area is 146 Å². The molecule has 3 N–H and O–H groups in total. The molecule has 0 saturated carbocycles. The number of benzene rings is 2. The van der Waals surface area contributed by atoms with Gasteiger partial charge in [-0.05, 0) is 36.2 Å². The molecule has 2 aromatic carbocycles. The summed E-state index contributed by atoms with van der Waals surface area (Å²) in [5.74, 6) is 1.80. The van der Waals surface area contributed by atoms with Crippen molar-refractivity contribution in [2.45, 2.75) is 12.8 Å². The monoisotopic (exact) mass is 336 g/mol. The Hall–Kier alpha value is -3.20. The minimum atomic E-state index is 0.339. The number of nitriles is 1. The third-order valence-corrected chi connectivity index (χ3v) is 3.76. The van der Waals surface area contributed by atoms with Crippen LogP contribution in [0.4, 0.5) is 5.69 Å². The largest absolute Gasteiger partial charge is 0.490 e. The van der Waals surface area contributed by atoms with Crippen LogP contribution in [0.15, 0.2) is 47.5 Å². The van der Waals surface area contributed by atoms with E-state index >= 15 is 0 Å². The standard InChI is InChI=1S/C19H20N4O2/c20-13-15-4-1-3-14(11-15)7-8-22-19(21)23-16-5-6-17-18(12-16)25-10-2-9-24-17/h1,3-6,11-12H,2,7-10H2,(H3,21,22,23). The fraction of sp³-hybridized carbons (Fsp3) is 0.263. The van der Waals surface area contributed by atoms with Crippen LogP contribution in [-0.2, 0) is 6.42 Å². The maximum atomic E-state index is 8.91. The molecule has 0 atom stereocenters. The Balaban J connectivity index is 1.58. The topological polar surface area (TPSA) is 92.7 Å². The van der Waals surface area contributed by atoms with Crippen LogP contribution in [0.3, 0.4) is 0 Å². The molecule has 1 aliphatic heterocycles. The molecule has 0 bridgehead atoms. The Kier molecular flexibility index (Phi) is 5.37. The molecule has 0 radical (unpaired) electrons. The average Bonchev–Trinajstić information content (AvgIpc) is 2.87. The van der Waals surface area contributed by atoms with E-state index in [0.717, 1.165) is 29.8 Å². The van der Waals surface area contributed by atoms with Gasteiger partial charge >= 0.3 is 0 Å². The molecule has 1 heterocycles. The van der Waals surface area contributed by atoms with E-state index in [1.807, 2.05) is 36.4 Å². The lowest BCUT2D eigenvalue weighted by molar-refractivity contribution is 0.297. The van der Waals surface area contributed by atoms with Gasteiger partial charge < -0.3 is 20.5 Å². The first-order chi connectivity index (χ1) is 12.2. The lowest BCUT2D eigenvalue weighted by atomic mass is 10.1. The van der Waals surface area contributed by atoms with E-state index < -0.39 is 0 Å². The van der Waals surface area contributed by atoms with Gasteiger partial charge in [0.15, 0.2) is 17.5 Å². The number of nitrogens with zero attached hydrogens (tertiary/aromatic N) is 2. The molecule has 2 aromatic rings. The van der Waals surface area contributed by atoms with E-state index in [4.69, 9.17) is 20.5 Å². The number of ether oxygens (including phenoxy) is 2. The number of nitrogens with two attached hydrogens (primary N) is 1. The minimum absolute atomic E-state index is 0.339. The summed E-state index contributed by atoms with van der Waals surface area (Å²) in [4.78, 5) is 4.33. The van der Waals surface area contributed by atoms with E-state index in [-0.39, 0.29) is 0 Å². The second-order valence-electron chi connectivity index (χ2n) is 5.67. The Bertz CT molecular complexity index is 811. The maximum absolute atomic E-state index is 8.91. The normalized spacial score (nSPS) is 13.6. The zero-order chi connectivity index (χ0) is 17.5. The summed E-state index contributed by atoms with van der Waals surface area (Å²) in [6.07, 6.45) is 1.59. The number of nitrogens with one attached hydrogen (secondary N) is 1. The van der Waals surface area contributed by atoms with Crippen LogP contribution < -0.4 is 20.5 Å². The highest BCUT2D eigenvalue weighted by Gasteiger charge is 2.10. The minimum Gasteiger partial charge on any atom is -0.490 e. The van der Waals surface area contributed by atoms with Gasteiger partial charge in [-0.25, -0.2) is 0 Å². The van der Waals surface area contributed by atoms with Gasteiger partial charge in [0, 0.05) is 24.7 Å². The molecule has 6 nitrogen and oxygen atoms in total. The highest BCUT2D eigenvalue weighted by Crippen LogP contribution is 2.32. The van der Waals surface area contributed by atoms with Gasteiger partial charge in [-0.1, -0.05) is 12.1 Å². The fourth-order valence-corrected chi connectivity index (χ4v) is 2.53. The van der Waals surface area contributed by atoms with Crippen molar-refractivity contribution in [3.63, 3.8) is 0 Å². The Morgan fingerprint density at radius 2 is 2.00 bits per heavy atom. The number of fused-ring (bicyclic) bond motifs is 1. The highest BCUT2D eigenvalue weighted by atomic mass is 16.5. The van der Waals surface area contributed by atoms with Crippen LogP contribution in [0.25, 0.3) is 0 Å². The molecule has 0 fully saturated rings. The Morgan fingerprint density at radius 1 is 1.16 bits per heavy atom. The first kappa shape index (κ1) is 16.7. The van der Waals surface area contributed by atoms with Crippen LogP contribution in [0, 0.1) is 11.3 Å². The molecular formula is C19H20N4O2. The quantitative estimate of drug-likeness (QED) is 0.661. The van der Waals surface area contributed by atoms with Gasteiger partial charge in [0.2, 0.25) is 0 Å². The Morgan fingerprint density at radius 3 is 2.84 bits per heavy atom. The zero-order valence-corrected chi connectivity index (χ0v) is 13.9. The summed E-state index contributed by atoms with van der Waals surface area (Å²) < 4.78 is 11.3. The smallest absolute Gasteiger partial charge is 0.193 e. The van der Waals surface area contributed by atoms with Crippen molar-refractivity contribution in [3.8, 4) is 17.6 Å². The predicted molar refractivity (Wildman–Crippen MR) is 97.0 cm³/mol. The van der Waals surface area contributed by atoms with Gasteiger partial charge in [-0.15, -0.1) is 0 Å². The molecule has 6 heteroatoms. The third-order valence-electron chi connectivity index (χ3n) is 3.76. The molecule has 0 aliphatic carbocycles. The van der Waals surface area contributed by atoms with Crippen molar-refractivity contribution in [1.82, 2.24) is 0 Å². The summed E-state index contributed by atoms with van der Waals surface area (Å²) in [6.45, 7) is 1.84. The summed E-state index contributed by atoms with van der Waals surface area (Å²) in [5, 5.41) is 12.0. The summed E-state index contributed by atoms with van der Waals surface area (Å²) >= 11 is 0. The van der Waals surface area contributed by atoms with Crippen molar-refractivity contribution >= 4 is 11.6 Å². The number of hydrogen-bond acceptors (Lipinski definition) is 4. The molecular weight excluding hydrogens is 316 g/mol. The van der Waals surface area contributed by atoms with E-state index in [9.17, 15) is 0 Å². The molecule has 0 unspecified atom stereocenters. The first-order valence-corrected chi connectivity index (χ1v) is 8.20.